The second-order valence-electron chi connectivity index (χ2n) is 8.15. The molecule has 5 rings (SSSR count). The summed E-state index contributed by atoms with van der Waals surface area (Å²) in [5.41, 5.74) is 3.48. The van der Waals surface area contributed by atoms with Gasteiger partial charge in [0.05, 0.1) is 34.8 Å². The molecule has 0 aliphatic carbocycles. The number of hydrogen-bond donors (Lipinski definition) is 3. The van der Waals surface area contributed by atoms with Crippen LogP contribution in [0.25, 0.3) is 22.2 Å². The van der Waals surface area contributed by atoms with Crippen LogP contribution in [0.1, 0.15) is 0 Å². The number of hydrogen-bond acceptors (Lipinski definition) is 8. The zero-order chi connectivity index (χ0) is 23.5. The summed E-state index contributed by atoms with van der Waals surface area (Å²) in [4.78, 5) is 32.3. The van der Waals surface area contributed by atoms with Crippen LogP contribution >= 0.6 is 0 Å². The van der Waals surface area contributed by atoms with Gasteiger partial charge in [-0.25, -0.2) is 15.0 Å². The molecule has 4 aromatic rings. The van der Waals surface area contributed by atoms with Crippen LogP contribution in [0.2, 0.25) is 0 Å². The molecule has 0 bridgehead atoms. The van der Waals surface area contributed by atoms with Crippen LogP contribution in [0.4, 0.5) is 23.1 Å². The van der Waals surface area contributed by atoms with E-state index in [0.29, 0.717) is 28.9 Å². The number of carbonyl (C=O) groups is 1. The number of rotatable bonds is 7. The Balaban J connectivity index is 1.41. The Morgan fingerprint density at radius 1 is 1.09 bits per heavy atom. The Morgan fingerprint density at radius 2 is 1.97 bits per heavy atom. The van der Waals surface area contributed by atoms with Gasteiger partial charge in [-0.1, -0.05) is 24.8 Å². The van der Waals surface area contributed by atoms with Crippen LogP contribution in [0.5, 0.6) is 0 Å². The molecule has 0 spiro atoms. The molecule has 3 aromatic heterocycles. The minimum atomic E-state index is -0.304. The third-order valence-electron chi connectivity index (χ3n) is 5.55. The summed E-state index contributed by atoms with van der Waals surface area (Å²) in [7, 11) is 2.10. The number of anilines is 4. The van der Waals surface area contributed by atoms with Crippen LogP contribution < -0.4 is 16.0 Å². The topological polar surface area (TPSA) is 108 Å². The number of aromatic nitrogens is 4. The Labute approximate surface area is 197 Å². The number of amides is 1. The highest BCUT2D eigenvalue weighted by atomic mass is 16.1. The van der Waals surface area contributed by atoms with Crippen molar-refractivity contribution in [1.29, 1.82) is 0 Å². The number of likely N-dealkylation sites (tertiary alicyclic amines) is 1. The van der Waals surface area contributed by atoms with Gasteiger partial charge in [-0.3, -0.25) is 9.78 Å². The highest BCUT2D eigenvalue weighted by Crippen LogP contribution is 2.31. The van der Waals surface area contributed by atoms with Gasteiger partial charge in [-0.15, -0.1) is 0 Å². The van der Waals surface area contributed by atoms with E-state index < -0.39 is 0 Å². The lowest BCUT2D eigenvalue weighted by atomic mass is 10.1. The predicted octanol–water partition coefficient (Wildman–Crippen LogP) is 3.68. The smallest absolute Gasteiger partial charge is 0.247 e. The molecule has 0 atom stereocenters. The SMILES string of the molecule is C=CC(=O)Nc1cccnc1-c1cccc2cnc(Nc3ccc(NC4CN(C)C4)nc3)nc12. The van der Waals surface area contributed by atoms with Crippen molar-refractivity contribution in [3.63, 3.8) is 0 Å². The molecular weight excluding hydrogens is 428 g/mol. The van der Waals surface area contributed by atoms with Crippen LogP contribution in [-0.4, -0.2) is 56.9 Å². The highest BCUT2D eigenvalue weighted by molar-refractivity contribution is 6.03. The van der Waals surface area contributed by atoms with Gasteiger partial charge in [0.15, 0.2) is 0 Å². The fourth-order valence-electron chi connectivity index (χ4n) is 3.89. The first-order valence-corrected chi connectivity index (χ1v) is 10.9. The normalized spacial score (nSPS) is 13.8. The number of likely N-dealkylation sites (N-methyl/N-ethyl adjacent to an activating group) is 1. The molecule has 170 valence electrons. The average molecular weight is 453 g/mol. The van der Waals surface area contributed by atoms with Crippen molar-refractivity contribution in [2.75, 3.05) is 36.1 Å². The minimum Gasteiger partial charge on any atom is -0.365 e. The molecule has 0 unspecified atom stereocenters. The molecule has 0 saturated carbocycles. The van der Waals surface area contributed by atoms with Gasteiger partial charge in [0, 0.05) is 36.4 Å². The maximum atomic E-state index is 11.9. The summed E-state index contributed by atoms with van der Waals surface area (Å²) in [5.74, 6) is 0.978. The molecular formula is C25H24N8O. The van der Waals surface area contributed by atoms with Crippen molar-refractivity contribution in [1.82, 2.24) is 24.8 Å². The van der Waals surface area contributed by atoms with E-state index in [1.54, 1.807) is 30.7 Å². The predicted molar refractivity (Wildman–Crippen MR) is 134 cm³/mol. The molecule has 1 fully saturated rings. The lowest BCUT2D eigenvalue weighted by Gasteiger charge is -2.36. The minimum absolute atomic E-state index is 0.304. The van der Waals surface area contributed by atoms with E-state index in [4.69, 9.17) is 4.98 Å². The lowest BCUT2D eigenvalue weighted by molar-refractivity contribution is -0.111. The number of nitrogens with one attached hydrogen (secondary N) is 3. The maximum absolute atomic E-state index is 11.9. The summed E-state index contributed by atoms with van der Waals surface area (Å²) >= 11 is 0. The first kappa shape index (κ1) is 21.5. The standard InChI is InChI=1S/C25H24N8O/c1-3-22(34)31-20-8-5-11-26-24(20)19-7-4-6-16-12-28-25(32-23(16)19)30-17-9-10-21(27-13-17)29-18-14-33(2)15-18/h3-13,18H,1,14-15H2,2H3,(H,27,29)(H,31,34)(H,28,30,32). The van der Waals surface area contributed by atoms with Gasteiger partial charge >= 0.3 is 0 Å². The molecule has 9 nitrogen and oxygen atoms in total. The van der Waals surface area contributed by atoms with Crippen molar-refractivity contribution in [2.24, 2.45) is 0 Å². The van der Waals surface area contributed by atoms with E-state index in [-0.39, 0.29) is 5.91 Å². The van der Waals surface area contributed by atoms with Gasteiger partial charge in [0.1, 0.15) is 5.82 Å². The zero-order valence-corrected chi connectivity index (χ0v) is 18.7. The molecule has 3 N–H and O–H groups in total. The van der Waals surface area contributed by atoms with E-state index in [1.807, 2.05) is 30.3 Å². The molecule has 4 heterocycles. The number of nitrogens with zero attached hydrogens (tertiary/aromatic N) is 5. The van der Waals surface area contributed by atoms with Crippen molar-refractivity contribution in [2.45, 2.75) is 6.04 Å². The number of fused-ring (bicyclic) bond motifs is 1. The Morgan fingerprint density at radius 3 is 2.74 bits per heavy atom. The monoisotopic (exact) mass is 452 g/mol. The van der Waals surface area contributed by atoms with E-state index in [9.17, 15) is 4.79 Å². The summed E-state index contributed by atoms with van der Waals surface area (Å²) in [6.07, 6.45) is 6.42. The largest absolute Gasteiger partial charge is 0.365 e. The van der Waals surface area contributed by atoms with Gasteiger partial charge in [-0.05, 0) is 37.4 Å². The second kappa shape index (κ2) is 9.24. The molecule has 9 heteroatoms. The van der Waals surface area contributed by atoms with Crippen LogP contribution in [0.15, 0.2) is 73.7 Å². The summed E-state index contributed by atoms with van der Waals surface area (Å²) in [6, 6.07) is 13.7. The fraction of sp³-hybridized carbons (Fsp3) is 0.160. The maximum Gasteiger partial charge on any atom is 0.247 e. The fourth-order valence-corrected chi connectivity index (χ4v) is 3.89. The van der Waals surface area contributed by atoms with Gasteiger partial charge in [0.2, 0.25) is 11.9 Å². The summed E-state index contributed by atoms with van der Waals surface area (Å²) in [5, 5.41) is 10.3. The van der Waals surface area contributed by atoms with E-state index in [0.717, 1.165) is 35.5 Å². The van der Waals surface area contributed by atoms with Crippen molar-refractivity contribution in [3.05, 3.63) is 73.7 Å². The summed E-state index contributed by atoms with van der Waals surface area (Å²) < 4.78 is 0. The third kappa shape index (κ3) is 4.55. The Hall–Kier alpha value is -4.37. The van der Waals surface area contributed by atoms with Crippen LogP contribution in [0, 0.1) is 0 Å². The summed E-state index contributed by atoms with van der Waals surface area (Å²) in [6.45, 7) is 5.55. The van der Waals surface area contributed by atoms with Gasteiger partial charge in [-0.2, -0.15) is 0 Å². The van der Waals surface area contributed by atoms with Crippen molar-refractivity contribution >= 4 is 40.0 Å². The number of benzene rings is 1. The molecule has 1 amide bonds. The van der Waals surface area contributed by atoms with E-state index in [1.165, 1.54) is 6.08 Å². The molecule has 0 radical (unpaired) electrons. The number of carbonyl (C=O) groups excluding carboxylic acids is 1. The van der Waals surface area contributed by atoms with Crippen molar-refractivity contribution < 1.29 is 4.79 Å². The van der Waals surface area contributed by atoms with Gasteiger partial charge < -0.3 is 20.9 Å². The van der Waals surface area contributed by atoms with Crippen LogP contribution in [-0.2, 0) is 4.79 Å². The molecule has 1 aromatic carbocycles. The molecule has 34 heavy (non-hydrogen) atoms. The quantitative estimate of drug-likeness (QED) is 0.365. The zero-order valence-electron chi connectivity index (χ0n) is 18.7. The Kier molecular flexibility index (Phi) is 5.84. The Bertz CT molecular complexity index is 1350. The first-order chi connectivity index (χ1) is 16.6. The highest BCUT2D eigenvalue weighted by Gasteiger charge is 2.22. The van der Waals surface area contributed by atoms with Crippen molar-refractivity contribution in [3.8, 4) is 11.3 Å². The van der Waals surface area contributed by atoms with Gasteiger partial charge in [0.25, 0.3) is 0 Å². The van der Waals surface area contributed by atoms with E-state index in [2.05, 4.69) is 49.4 Å². The van der Waals surface area contributed by atoms with Crippen LogP contribution in [0.3, 0.4) is 0 Å². The number of pyridine rings is 2. The number of para-hydroxylation sites is 1. The first-order valence-electron chi connectivity index (χ1n) is 10.9. The molecule has 1 aliphatic rings. The molecule has 1 aliphatic heterocycles. The van der Waals surface area contributed by atoms with E-state index >= 15 is 0 Å². The average Bonchev–Trinajstić information content (AvgIpc) is 2.84. The third-order valence-corrected chi connectivity index (χ3v) is 5.55. The second-order valence-corrected chi connectivity index (χ2v) is 8.15. The lowest BCUT2D eigenvalue weighted by Crippen LogP contribution is -2.52. The molecule has 1 saturated heterocycles.